The number of rotatable bonds is 12. The first-order chi connectivity index (χ1) is 12.3. The van der Waals surface area contributed by atoms with Crippen LogP contribution in [-0.4, -0.2) is 74.4 Å². The predicted molar refractivity (Wildman–Crippen MR) is 93.5 cm³/mol. The quantitative estimate of drug-likeness (QED) is 0.314. The highest BCUT2D eigenvalue weighted by atomic mass is 16.7. The van der Waals surface area contributed by atoms with Gasteiger partial charge < -0.3 is 35.0 Å². The normalized spacial score (nSPS) is 33.2. The molecule has 0 amide bonds. The Morgan fingerprint density at radius 3 is 2.31 bits per heavy atom. The van der Waals surface area contributed by atoms with Crippen molar-refractivity contribution in [3.05, 3.63) is 0 Å². The molecule has 0 aliphatic carbocycles. The largest absolute Gasteiger partial charge is 0.481 e. The van der Waals surface area contributed by atoms with Gasteiger partial charge in [-0.15, -0.1) is 0 Å². The monoisotopic (exact) mass is 378 g/mol. The van der Waals surface area contributed by atoms with Crippen LogP contribution in [0.2, 0.25) is 0 Å². The van der Waals surface area contributed by atoms with Crippen LogP contribution in [0, 0.1) is 0 Å². The number of aliphatic hydroxyl groups is 4. The van der Waals surface area contributed by atoms with Crippen LogP contribution in [0.15, 0.2) is 0 Å². The Morgan fingerprint density at radius 2 is 1.77 bits per heavy atom. The van der Waals surface area contributed by atoms with Crippen molar-refractivity contribution in [1.82, 2.24) is 0 Å². The number of carboxylic acid groups (broad SMARTS) is 1. The van der Waals surface area contributed by atoms with Crippen molar-refractivity contribution in [1.29, 1.82) is 0 Å². The smallest absolute Gasteiger partial charge is 0.303 e. The van der Waals surface area contributed by atoms with Crippen molar-refractivity contribution in [3.8, 4) is 0 Å². The van der Waals surface area contributed by atoms with Crippen LogP contribution in [0.1, 0.15) is 65.2 Å². The molecule has 0 radical (unpaired) electrons. The number of unbranched alkanes of at least 4 members (excludes halogenated alkanes) is 2. The van der Waals surface area contributed by atoms with Gasteiger partial charge in [-0.25, -0.2) is 0 Å². The van der Waals surface area contributed by atoms with E-state index < -0.39 is 42.8 Å². The average molecular weight is 378 g/mol. The molecule has 0 bridgehead atoms. The third kappa shape index (κ3) is 6.14. The molecule has 0 saturated carbocycles. The second-order valence-corrected chi connectivity index (χ2v) is 6.95. The van der Waals surface area contributed by atoms with E-state index in [0.717, 1.165) is 12.8 Å². The SMILES string of the molecule is CCCCC(CCCCC(=O)O)OC1(CC)O[C@H](CO)[C@@H](O)[C@H](O)[C@H]1O. The van der Waals surface area contributed by atoms with Gasteiger partial charge in [0, 0.05) is 12.8 Å². The molecule has 1 heterocycles. The van der Waals surface area contributed by atoms with E-state index in [1.165, 1.54) is 0 Å². The number of carbonyl (C=O) groups is 1. The van der Waals surface area contributed by atoms with Crippen molar-refractivity contribution in [2.45, 2.75) is 102 Å². The summed E-state index contributed by atoms with van der Waals surface area (Å²) in [6.07, 6.45) is -0.982. The molecule has 0 aromatic carbocycles. The maximum absolute atomic E-state index is 10.6. The Bertz CT molecular complexity index is 416. The number of carboxylic acids is 1. The molecule has 0 aromatic heterocycles. The molecule has 6 atom stereocenters. The molecule has 1 fully saturated rings. The minimum Gasteiger partial charge on any atom is -0.481 e. The molecular weight excluding hydrogens is 344 g/mol. The Morgan fingerprint density at radius 1 is 1.12 bits per heavy atom. The Hall–Kier alpha value is -0.770. The molecule has 5 N–H and O–H groups in total. The Balaban J connectivity index is 2.83. The molecule has 0 aromatic rings. The summed E-state index contributed by atoms with van der Waals surface area (Å²) < 4.78 is 11.8. The molecule has 8 nitrogen and oxygen atoms in total. The van der Waals surface area contributed by atoms with E-state index in [0.29, 0.717) is 25.7 Å². The highest BCUT2D eigenvalue weighted by Gasteiger charge is 2.54. The van der Waals surface area contributed by atoms with Gasteiger partial charge in [0.15, 0.2) is 5.79 Å². The van der Waals surface area contributed by atoms with Crippen LogP contribution in [0.25, 0.3) is 0 Å². The number of hydrogen-bond donors (Lipinski definition) is 5. The molecule has 1 rings (SSSR count). The lowest BCUT2D eigenvalue weighted by Crippen LogP contribution is -2.66. The van der Waals surface area contributed by atoms with Gasteiger partial charge in [0.25, 0.3) is 0 Å². The Labute approximate surface area is 154 Å². The van der Waals surface area contributed by atoms with Gasteiger partial charge in [-0.1, -0.05) is 33.1 Å². The lowest BCUT2D eigenvalue weighted by molar-refractivity contribution is -0.376. The van der Waals surface area contributed by atoms with Gasteiger partial charge in [0.05, 0.1) is 12.7 Å². The van der Waals surface area contributed by atoms with Crippen molar-refractivity contribution in [2.75, 3.05) is 6.61 Å². The molecule has 1 aliphatic rings. The summed E-state index contributed by atoms with van der Waals surface area (Å²) in [6, 6.07) is 0. The van der Waals surface area contributed by atoms with Crippen molar-refractivity contribution < 1.29 is 39.8 Å². The highest BCUT2D eigenvalue weighted by Crippen LogP contribution is 2.36. The number of aliphatic carboxylic acids is 1. The van der Waals surface area contributed by atoms with E-state index >= 15 is 0 Å². The van der Waals surface area contributed by atoms with Gasteiger partial charge in [-0.2, -0.15) is 0 Å². The first-order valence-corrected chi connectivity index (χ1v) is 9.53. The fourth-order valence-corrected chi connectivity index (χ4v) is 3.31. The van der Waals surface area contributed by atoms with Gasteiger partial charge in [0.1, 0.15) is 24.4 Å². The molecule has 1 aliphatic heterocycles. The second kappa shape index (κ2) is 11.2. The summed E-state index contributed by atoms with van der Waals surface area (Å²) in [5.41, 5.74) is 0. The minimum atomic E-state index is -1.52. The van der Waals surface area contributed by atoms with Crippen molar-refractivity contribution in [3.63, 3.8) is 0 Å². The summed E-state index contributed by atoms with van der Waals surface area (Å²) in [5, 5.41) is 48.7. The highest BCUT2D eigenvalue weighted by molar-refractivity contribution is 5.66. The predicted octanol–water partition coefficient (Wildman–Crippen LogP) is 0.787. The summed E-state index contributed by atoms with van der Waals surface area (Å²) in [5.74, 6) is -2.35. The molecule has 154 valence electrons. The molecule has 26 heavy (non-hydrogen) atoms. The van der Waals surface area contributed by atoms with E-state index in [1.807, 2.05) is 6.92 Å². The van der Waals surface area contributed by atoms with E-state index in [4.69, 9.17) is 14.6 Å². The summed E-state index contributed by atoms with van der Waals surface area (Å²) >= 11 is 0. The maximum Gasteiger partial charge on any atom is 0.303 e. The number of aliphatic hydroxyl groups excluding tert-OH is 4. The van der Waals surface area contributed by atoms with Crippen LogP contribution < -0.4 is 0 Å². The molecular formula is C18H34O8. The van der Waals surface area contributed by atoms with Gasteiger partial charge >= 0.3 is 5.97 Å². The van der Waals surface area contributed by atoms with Crippen LogP contribution in [0.4, 0.5) is 0 Å². The Kier molecular flexibility index (Phi) is 9.99. The van der Waals surface area contributed by atoms with Crippen molar-refractivity contribution >= 4 is 5.97 Å². The van der Waals surface area contributed by atoms with Crippen LogP contribution >= 0.6 is 0 Å². The fourth-order valence-electron chi connectivity index (χ4n) is 3.31. The number of hydrogen-bond acceptors (Lipinski definition) is 7. The van der Waals surface area contributed by atoms with Crippen LogP contribution in [-0.2, 0) is 14.3 Å². The van der Waals surface area contributed by atoms with Gasteiger partial charge in [0.2, 0.25) is 0 Å². The first kappa shape index (κ1) is 23.3. The third-order valence-corrected chi connectivity index (χ3v) is 4.94. The minimum absolute atomic E-state index is 0.0933. The third-order valence-electron chi connectivity index (χ3n) is 4.94. The fraction of sp³-hybridized carbons (Fsp3) is 0.944. The summed E-state index contributed by atoms with van der Waals surface area (Å²) in [6.45, 7) is 3.28. The standard InChI is InChI=1S/C18H34O8/c1-3-5-8-12(9-6-7-10-14(20)21)25-18(4-2)17(24)16(23)15(22)13(11-19)26-18/h12-13,15-17,19,22-24H,3-11H2,1-2H3,(H,20,21)/t12?,13-,15-,16+,17-,18?/m1/s1. The zero-order valence-corrected chi connectivity index (χ0v) is 15.7. The van der Waals surface area contributed by atoms with E-state index in [9.17, 15) is 25.2 Å². The van der Waals surface area contributed by atoms with Crippen LogP contribution in [0.3, 0.4) is 0 Å². The van der Waals surface area contributed by atoms with Crippen molar-refractivity contribution in [2.24, 2.45) is 0 Å². The second-order valence-electron chi connectivity index (χ2n) is 6.95. The average Bonchev–Trinajstić information content (AvgIpc) is 2.63. The topological polar surface area (TPSA) is 137 Å². The van der Waals surface area contributed by atoms with Gasteiger partial charge in [-0.05, 0) is 19.3 Å². The zero-order chi connectivity index (χ0) is 19.7. The summed E-state index contributed by atoms with van der Waals surface area (Å²) in [7, 11) is 0. The van der Waals surface area contributed by atoms with E-state index in [-0.39, 0.29) is 18.9 Å². The molecule has 2 unspecified atom stereocenters. The van der Waals surface area contributed by atoms with E-state index in [2.05, 4.69) is 0 Å². The molecule has 0 spiro atoms. The van der Waals surface area contributed by atoms with Gasteiger partial charge in [-0.3, -0.25) is 4.79 Å². The maximum atomic E-state index is 10.6. The summed E-state index contributed by atoms with van der Waals surface area (Å²) in [4.78, 5) is 10.6. The van der Waals surface area contributed by atoms with E-state index in [1.54, 1.807) is 6.92 Å². The molecule has 8 heteroatoms. The molecule has 1 saturated heterocycles. The lowest BCUT2D eigenvalue weighted by Gasteiger charge is -2.49. The number of ether oxygens (including phenoxy) is 2. The lowest BCUT2D eigenvalue weighted by atomic mass is 9.90. The van der Waals surface area contributed by atoms with Crippen LogP contribution in [0.5, 0.6) is 0 Å². The first-order valence-electron chi connectivity index (χ1n) is 9.53. The zero-order valence-electron chi connectivity index (χ0n) is 15.7.